The van der Waals surface area contributed by atoms with Gasteiger partial charge >= 0.3 is 5.97 Å². The predicted molar refractivity (Wildman–Crippen MR) is 73.2 cm³/mol. The van der Waals surface area contributed by atoms with Crippen molar-refractivity contribution in [3.63, 3.8) is 0 Å². The number of carbonyl (C=O) groups is 1. The maximum atomic E-state index is 11.8. The van der Waals surface area contributed by atoms with Crippen LogP contribution in [0.1, 0.15) is 22.8 Å². The lowest BCUT2D eigenvalue weighted by atomic mass is 10.2. The molecule has 0 saturated heterocycles. The number of fused-ring (bicyclic) bond motifs is 1. The molecule has 2 N–H and O–H groups in total. The number of carbonyl (C=O) groups excluding carboxylic acids is 1. The molecular formula is C11H11BrClN3O2. The van der Waals surface area contributed by atoms with Crippen molar-refractivity contribution in [2.24, 2.45) is 0 Å². The molecule has 2 aromatic rings. The zero-order valence-corrected chi connectivity index (χ0v) is 12.0. The van der Waals surface area contributed by atoms with Gasteiger partial charge in [-0.25, -0.2) is 9.31 Å². The highest BCUT2D eigenvalue weighted by Crippen LogP contribution is 2.30. The molecule has 0 fully saturated rings. The molecule has 0 atom stereocenters. The summed E-state index contributed by atoms with van der Waals surface area (Å²) in [5.74, 6) is -0.396. The average molecular weight is 333 g/mol. The fourth-order valence-electron chi connectivity index (χ4n) is 1.69. The Morgan fingerprint density at radius 1 is 1.67 bits per heavy atom. The van der Waals surface area contributed by atoms with Crippen molar-refractivity contribution in [1.29, 1.82) is 0 Å². The first-order chi connectivity index (χ1) is 8.60. The number of esters is 1. The average Bonchev–Trinajstić information content (AvgIpc) is 2.73. The van der Waals surface area contributed by atoms with Crippen LogP contribution in [0.3, 0.4) is 0 Å². The van der Waals surface area contributed by atoms with Crippen molar-refractivity contribution in [2.45, 2.75) is 12.3 Å². The van der Waals surface area contributed by atoms with Crippen LogP contribution in [0.5, 0.6) is 0 Å². The maximum absolute atomic E-state index is 11.8. The van der Waals surface area contributed by atoms with Crippen molar-refractivity contribution >= 4 is 44.7 Å². The van der Waals surface area contributed by atoms with Gasteiger partial charge in [-0.05, 0) is 6.92 Å². The molecule has 0 aliphatic carbocycles. The largest absolute Gasteiger partial charge is 0.462 e. The highest BCUT2D eigenvalue weighted by molar-refractivity contribution is 9.08. The number of ether oxygens (including phenoxy) is 1. The predicted octanol–water partition coefficient (Wildman–Crippen LogP) is 2.64. The van der Waals surface area contributed by atoms with Crippen LogP contribution in [0.15, 0.2) is 12.4 Å². The number of hydrogen-bond acceptors (Lipinski definition) is 4. The number of rotatable bonds is 3. The Bertz CT molecular complexity index is 612. The van der Waals surface area contributed by atoms with Crippen LogP contribution in [0.4, 0.5) is 5.69 Å². The van der Waals surface area contributed by atoms with Crippen molar-refractivity contribution in [3.8, 4) is 0 Å². The number of halogens is 2. The van der Waals surface area contributed by atoms with Crippen LogP contribution in [0.25, 0.3) is 5.52 Å². The first-order valence-corrected chi connectivity index (χ1v) is 6.77. The number of nitrogens with zero attached hydrogens (tertiary/aromatic N) is 2. The van der Waals surface area contributed by atoms with E-state index in [2.05, 4.69) is 21.0 Å². The van der Waals surface area contributed by atoms with E-state index in [1.54, 1.807) is 13.1 Å². The molecule has 7 heteroatoms. The summed E-state index contributed by atoms with van der Waals surface area (Å²) >= 11 is 9.48. The number of hydrogen-bond donors (Lipinski definition) is 1. The van der Waals surface area contributed by atoms with E-state index in [4.69, 9.17) is 22.1 Å². The second kappa shape index (κ2) is 5.16. The topological polar surface area (TPSA) is 69.6 Å². The Hall–Kier alpha value is -1.27. The monoisotopic (exact) mass is 331 g/mol. The van der Waals surface area contributed by atoms with Crippen LogP contribution in [-0.2, 0) is 10.1 Å². The van der Waals surface area contributed by atoms with Gasteiger partial charge in [0.1, 0.15) is 0 Å². The second-order valence-corrected chi connectivity index (χ2v) is 4.52. The summed E-state index contributed by atoms with van der Waals surface area (Å²) in [6.07, 6.45) is 3.04. The van der Waals surface area contributed by atoms with Crippen molar-refractivity contribution in [3.05, 3.63) is 28.5 Å². The molecule has 0 unspecified atom stereocenters. The second-order valence-electron chi connectivity index (χ2n) is 3.58. The molecule has 0 radical (unpaired) electrons. The third-order valence-electron chi connectivity index (χ3n) is 2.50. The summed E-state index contributed by atoms with van der Waals surface area (Å²) in [5, 5.41) is 4.94. The Morgan fingerprint density at radius 2 is 2.39 bits per heavy atom. The number of nitrogens with two attached hydrogens (primary N) is 1. The Kier molecular flexibility index (Phi) is 3.77. The zero-order chi connectivity index (χ0) is 13.3. The normalized spacial score (nSPS) is 10.8. The molecule has 0 aliphatic heterocycles. The fourth-order valence-corrected chi connectivity index (χ4v) is 2.51. The van der Waals surface area contributed by atoms with Crippen LogP contribution in [0, 0.1) is 0 Å². The molecule has 2 heterocycles. The zero-order valence-electron chi connectivity index (χ0n) is 9.61. The van der Waals surface area contributed by atoms with Crippen LogP contribution in [0.2, 0.25) is 5.02 Å². The SMILES string of the molecule is CCOC(=O)c1cn2ncc(N)c(Cl)c2c1CBr. The van der Waals surface area contributed by atoms with Gasteiger partial charge in [-0.15, -0.1) is 0 Å². The van der Waals surface area contributed by atoms with Gasteiger partial charge in [0, 0.05) is 17.1 Å². The molecule has 5 nitrogen and oxygen atoms in total. The summed E-state index contributed by atoms with van der Waals surface area (Å²) < 4.78 is 6.52. The summed E-state index contributed by atoms with van der Waals surface area (Å²) in [6.45, 7) is 2.07. The van der Waals surface area contributed by atoms with Crippen LogP contribution in [-0.4, -0.2) is 22.2 Å². The lowest BCUT2D eigenvalue weighted by molar-refractivity contribution is 0.0525. The number of nitrogen functional groups attached to an aromatic ring is 1. The van der Waals surface area contributed by atoms with E-state index < -0.39 is 5.97 Å². The lowest BCUT2D eigenvalue weighted by Crippen LogP contribution is -2.05. The highest BCUT2D eigenvalue weighted by Gasteiger charge is 2.20. The van der Waals surface area contributed by atoms with Gasteiger partial charge in [-0.1, -0.05) is 27.5 Å². The van der Waals surface area contributed by atoms with Gasteiger partial charge in [-0.3, -0.25) is 0 Å². The Balaban J connectivity index is 2.69. The van der Waals surface area contributed by atoms with Crippen LogP contribution < -0.4 is 5.73 Å². The molecule has 0 spiro atoms. The molecule has 96 valence electrons. The minimum absolute atomic E-state index is 0.316. The molecule has 18 heavy (non-hydrogen) atoms. The molecule has 0 aliphatic rings. The first kappa shape index (κ1) is 13.2. The summed E-state index contributed by atoms with van der Waals surface area (Å²) in [5.41, 5.74) is 7.87. The highest BCUT2D eigenvalue weighted by atomic mass is 79.9. The van der Waals surface area contributed by atoms with Crippen molar-refractivity contribution < 1.29 is 9.53 Å². The standard InChI is InChI=1S/C11H11BrClN3O2/c1-2-18-11(17)7-5-16-10(6(7)3-12)9(13)8(14)4-15-16/h4-5H,2-3,14H2,1H3. The van der Waals surface area contributed by atoms with Gasteiger partial charge in [0.2, 0.25) is 0 Å². The lowest BCUT2D eigenvalue weighted by Gasteiger charge is -2.03. The van der Waals surface area contributed by atoms with Crippen LogP contribution >= 0.6 is 27.5 Å². The number of anilines is 1. The van der Waals surface area contributed by atoms with Gasteiger partial charge in [-0.2, -0.15) is 5.10 Å². The summed E-state index contributed by atoms with van der Waals surface area (Å²) in [4.78, 5) is 11.8. The Labute approximate surface area is 117 Å². The van der Waals surface area contributed by atoms with E-state index in [1.165, 1.54) is 10.7 Å². The summed E-state index contributed by atoms with van der Waals surface area (Å²) in [7, 11) is 0. The van der Waals surface area contributed by atoms with Gasteiger partial charge < -0.3 is 10.5 Å². The number of aromatic nitrogens is 2. The molecular weight excluding hydrogens is 321 g/mol. The molecule has 0 amide bonds. The molecule has 0 saturated carbocycles. The van der Waals surface area contributed by atoms with Gasteiger partial charge in [0.15, 0.2) is 0 Å². The quantitative estimate of drug-likeness (QED) is 0.693. The summed E-state index contributed by atoms with van der Waals surface area (Å²) in [6, 6.07) is 0. The van der Waals surface area contributed by atoms with Gasteiger partial charge in [0.25, 0.3) is 0 Å². The number of alkyl halides is 1. The Morgan fingerprint density at radius 3 is 3.00 bits per heavy atom. The van der Waals surface area contributed by atoms with E-state index in [9.17, 15) is 4.79 Å². The molecule has 2 rings (SSSR count). The smallest absolute Gasteiger partial charge is 0.340 e. The minimum Gasteiger partial charge on any atom is -0.462 e. The van der Waals surface area contributed by atoms with E-state index in [1.807, 2.05) is 0 Å². The fraction of sp³-hybridized carbons (Fsp3) is 0.273. The maximum Gasteiger partial charge on any atom is 0.340 e. The third-order valence-corrected chi connectivity index (χ3v) is 3.46. The molecule has 2 aromatic heterocycles. The van der Waals surface area contributed by atoms with Gasteiger partial charge in [0.05, 0.1) is 34.6 Å². The van der Waals surface area contributed by atoms with Crippen molar-refractivity contribution in [2.75, 3.05) is 12.3 Å². The van der Waals surface area contributed by atoms with E-state index in [-0.39, 0.29) is 0 Å². The van der Waals surface area contributed by atoms with E-state index in [0.29, 0.717) is 33.7 Å². The minimum atomic E-state index is -0.396. The van der Waals surface area contributed by atoms with E-state index >= 15 is 0 Å². The third kappa shape index (κ3) is 2.06. The molecule has 0 aromatic carbocycles. The molecule has 0 bridgehead atoms. The van der Waals surface area contributed by atoms with Crippen molar-refractivity contribution in [1.82, 2.24) is 9.61 Å². The first-order valence-electron chi connectivity index (χ1n) is 5.27. The van der Waals surface area contributed by atoms with E-state index in [0.717, 1.165) is 5.56 Å².